The first kappa shape index (κ1) is 13.0. The van der Waals surface area contributed by atoms with Crippen LogP contribution in [-0.2, 0) is 0 Å². The van der Waals surface area contributed by atoms with Crippen molar-refractivity contribution in [3.63, 3.8) is 0 Å². The second kappa shape index (κ2) is 4.70. The van der Waals surface area contributed by atoms with Crippen molar-refractivity contribution < 1.29 is 10.2 Å². The first-order valence-electron chi connectivity index (χ1n) is 6.06. The Hall–Kier alpha value is -1.40. The zero-order valence-electron chi connectivity index (χ0n) is 10.5. The molecule has 6 nitrogen and oxygen atoms in total. The minimum absolute atomic E-state index is 0.0204. The fraction of sp³-hybridized carbons (Fsp3) is 0.667. The quantitative estimate of drug-likeness (QED) is 0.656. The Balaban J connectivity index is 2.42. The summed E-state index contributed by atoms with van der Waals surface area (Å²) in [7, 11) is 0. The molecule has 1 aromatic heterocycles. The van der Waals surface area contributed by atoms with Gasteiger partial charge in [-0.2, -0.15) is 0 Å². The van der Waals surface area contributed by atoms with Gasteiger partial charge < -0.3 is 10.2 Å². The van der Waals surface area contributed by atoms with Crippen LogP contribution in [0.2, 0.25) is 0 Å². The Morgan fingerprint density at radius 1 is 1.50 bits per heavy atom. The zero-order chi connectivity index (χ0) is 13.4. The molecule has 0 spiro atoms. The molecule has 18 heavy (non-hydrogen) atoms. The standard InChI is InChI=1S/C12H18N2O4/c1-6-4-14(12(18)13-11(6)17)9-3-10(16)8(5-15)7(9)2/h4,7-10,15-16H,3,5H2,1-2H3,(H,13,17,18). The topological polar surface area (TPSA) is 95.3 Å². The van der Waals surface area contributed by atoms with E-state index in [-0.39, 0.29) is 30.0 Å². The number of H-pyrrole nitrogens is 1. The molecule has 0 bridgehead atoms. The average molecular weight is 254 g/mol. The molecular weight excluding hydrogens is 236 g/mol. The summed E-state index contributed by atoms with van der Waals surface area (Å²) < 4.78 is 1.46. The summed E-state index contributed by atoms with van der Waals surface area (Å²) in [6.45, 7) is 3.43. The molecule has 1 aromatic rings. The lowest BCUT2D eigenvalue weighted by Gasteiger charge is -2.21. The summed E-state index contributed by atoms with van der Waals surface area (Å²) in [6, 6.07) is -0.194. The van der Waals surface area contributed by atoms with Crippen LogP contribution in [0.4, 0.5) is 0 Å². The van der Waals surface area contributed by atoms with Gasteiger partial charge in [0.1, 0.15) is 0 Å². The van der Waals surface area contributed by atoms with Gasteiger partial charge in [-0.05, 0) is 19.3 Å². The second-order valence-electron chi connectivity index (χ2n) is 5.05. The van der Waals surface area contributed by atoms with E-state index in [2.05, 4.69) is 4.98 Å². The SMILES string of the molecule is Cc1cn(C2CC(O)C(CO)C2C)c(=O)[nH]c1=O. The lowest BCUT2D eigenvalue weighted by molar-refractivity contribution is 0.0752. The molecule has 0 aliphatic heterocycles. The predicted octanol–water partition coefficient (Wildman–Crippen LogP) is -0.605. The number of aromatic nitrogens is 2. The van der Waals surface area contributed by atoms with E-state index in [1.54, 1.807) is 6.92 Å². The van der Waals surface area contributed by atoms with Gasteiger partial charge in [-0.25, -0.2) is 4.79 Å². The van der Waals surface area contributed by atoms with E-state index in [1.165, 1.54) is 10.8 Å². The summed E-state index contributed by atoms with van der Waals surface area (Å²) in [5.74, 6) is -0.248. The Morgan fingerprint density at radius 2 is 2.17 bits per heavy atom. The third-order valence-corrected chi connectivity index (χ3v) is 3.97. The molecule has 100 valence electrons. The maximum atomic E-state index is 11.8. The molecule has 4 unspecified atom stereocenters. The van der Waals surface area contributed by atoms with Crippen molar-refractivity contribution in [2.75, 3.05) is 6.61 Å². The van der Waals surface area contributed by atoms with Crippen LogP contribution >= 0.6 is 0 Å². The second-order valence-corrected chi connectivity index (χ2v) is 5.05. The van der Waals surface area contributed by atoms with Gasteiger partial charge in [-0.3, -0.25) is 14.3 Å². The Bertz CT molecular complexity index is 548. The highest BCUT2D eigenvalue weighted by atomic mass is 16.3. The first-order chi connectivity index (χ1) is 8.45. The fourth-order valence-corrected chi connectivity index (χ4v) is 2.76. The number of aliphatic hydroxyl groups is 2. The van der Waals surface area contributed by atoms with E-state index in [0.717, 1.165) is 0 Å². The van der Waals surface area contributed by atoms with Gasteiger partial charge in [0, 0.05) is 30.3 Å². The van der Waals surface area contributed by atoms with Gasteiger partial charge in [0.2, 0.25) is 0 Å². The summed E-state index contributed by atoms with van der Waals surface area (Å²) in [5, 5.41) is 19.1. The Labute approximate surface area is 104 Å². The highest BCUT2D eigenvalue weighted by molar-refractivity contribution is 5.04. The molecule has 0 aromatic carbocycles. The van der Waals surface area contributed by atoms with Crippen LogP contribution in [0.3, 0.4) is 0 Å². The molecule has 1 aliphatic carbocycles. The van der Waals surface area contributed by atoms with Crippen molar-refractivity contribution in [1.29, 1.82) is 0 Å². The monoisotopic (exact) mass is 254 g/mol. The largest absolute Gasteiger partial charge is 0.396 e. The molecule has 6 heteroatoms. The van der Waals surface area contributed by atoms with E-state index >= 15 is 0 Å². The zero-order valence-corrected chi connectivity index (χ0v) is 10.5. The van der Waals surface area contributed by atoms with Crippen molar-refractivity contribution in [3.05, 3.63) is 32.6 Å². The number of hydrogen-bond donors (Lipinski definition) is 3. The van der Waals surface area contributed by atoms with E-state index in [1.807, 2.05) is 6.92 Å². The number of aliphatic hydroxyl groups excluding tert-OH is 2. The summed E-state index contributed by atoms with van der Waals surface area (Å²) in [4.78, 5) is 25.4. The number of hydrogen-bond acceptors (Lipinski definition) is 4. The molecule has 1 fully saturated rings. The van der Waals surface area contributed by atoms with Crippen molar-refractivity contribution in [2.45, 2.75) is 32.4 Å². The van der Waals surface area contributed by atoms with Gasteiger partial charge in [-0.15, -0.1) is 0 Å². The van der Waals surface area contributed by atoms with Gasteiger partial charge in [-0.1, -0.05) is 6.92 Å². The van der Waals surface area contributed by atoms with Gasteiger partial charge in [0.05, 0.1) is 6.10 Å². The van der Waals surface area contributed by atoms with Crippen LogP contribution in [-0.4, -0.2) is 32.5 Å². The maximum absolute atomic E-state index is 11.8. The number of rotatable bonds is 2. The number of aromatic amines is 1. The molecule has 1 aliphatic rings. The lowest BCUT2D eigenvalue weighted by Crippen LogP contribution is -2.34. The third-order valence-electron chi connectivity index (χ3n) is 3.97. The lowest BCUT2D eigenvalue weighted by atomic mass is 9.95. The van der Waals surface area contributed by atoms with E-state index < -0.39 is 11.8 Å². The van der Waals surface area contributed by atoms with Crippen LogP contribution in [0, 0.1) is 18.8 Å². The summed E-state index contributed by atoms with van der Waals surface area (Å²) in [5.41, 5.74) is -0.391. The minimum atomic E-state index is -0.617. The van der Waals surface area contributed by atoms with Crippen LogP contribution < -0.4 is 11.2 Å². The summed E-state index contributed by atoms with van der Waals surface area (Å²) >= 11 is 0. The third kappa shape index (κ3) is 2.02. The van der Waals surface area contributed by atoms with Crippen molar-refractivity contribution >= 4 is 0 Å². The minimum Gasteiger partial charge on any atom is -0.396 e. The van der Waals surface area contributed by atoms with Gasteiger partial charge >= 0.3 is 5.69 Å². The van der Waals surface area contributed by atoms with Crippen LogP contribution in [0.1, 0.15) is 24.9 Å². The molecule has 4 atom stereocenters. The Kier molecular flexibility index (Phi) is 3.41. The molecule has 2 rings (SSSR count). The van der Waals surface area contributed by atoms with E-state index in [9.17, 15) is 19.8 Å². The molecular formula is C12H18N2O4. The smallest absolute Gasteiger partial charge is 0.328 e. The molecule has 1 heterocycles. The fourth-order valence-electron chi connectivity index (χ4n) is 2.76. The van der Waals surface area contributed by atoms with Crippen LogP contribution in [0.25, 0.3) is 0 Å². The van der Waals surface area contributed by atoms with Crippen molar-refractivity contribution in [3.8, 4) is 0 Å². The number of aryl methyl sites for hydroxylation is 1. The molecule has 0 saturated heterocycles. The molecule has 3 N–H and O–H groups in total. The van der Waals surface area contributed by atoms with Crippen LogP contribution in [0.15, 0.2) is 15.8 Å². The predicted molar refractivity (Wildman–Crippen MR) is 65.5 cm³/mol. The number of nitrogens with zero attached hydrogens (tertiary/aromatic N) is 1. The highest BCUT2D eigenvalue weighted by Gasteiger charge is 2.40. The normalized spacial score (nSPS) is 31.8. The molecule has 1 saturated carbocycles. The summed E-state index contributed by atoms with van der Waals surface area (Å²) in [6.07, 6.45) is 1.32. The van der Waals surface area contributed by atoms with Crippen LogP contribution in [0.5, 0.6) is 0 Å². The average Bonchev–Trinajstić information content (AvgIpc) is 2.59. The molecule has 0 radical (unpaired) electrons. The van der Waals surface area contributed by atoms with Crippen molar-refractivity contribution in [2.24, 2.45) is 11.8 Å². The first-order valence-corrected chi connectivity index (χ1v) is 6.06. The van der Waals surface area contributed by atoms with Crippen molar-refractivity contribution in [1.82, 2.24) is 9.55 Å². The highest BCUT2D eigenvalue weighted by Crippen LogP contribution is 2.39. The van der Waals surface area contributed by atoms with Gasteiger partial charge in [0.25, 0.3) is 5.56 Å². The Morgan fingerprint density at radius 3 is 2.72 bits per heavy atom. The van der Waals surface area contributed by atoms with E-state index in [4.69, 9.17) is 0 Å². The maximum Gasteiger partial charge on any atom is 0.328 e. The number of nitrogens with one attached hydrogen (secondary N) is 1. The van der Waals surface area contributed by atoms with E-state index in [0.29, 0.717) is 12.0 Å². The van der Waals surface area contributed by atoms with Gasteiger partial charge in [0.15, 0.2) is 0 Å². The molecule has 0 amide bonds.